The number of carbonyl (C=O) groups is 6. The third kappa shape index (κ3) is 10.0. The Hall–Kier alpha value is -5.40. The lowest BCUT2D eigenvalue weighted by Crippen LogP contribution is -2.36. The number of nitrogens with zero attached hydrogens (tertiary/aromatic N) is 4. The van der Waals surface area contributed by atoms with E-state index in [1.807, 2.05) is 11.9 Å². The third-order valence-electron chi connectivity index (χ3n) is 6.81. The highest BCUT2D eigenvalue weighted by molar-refractivity contribution is 8.87. The molecule has 0 atom stereocenters. The molecule has 0 aromatic rings. The lowest BCUT2D eigenvalue weighted by atomic mass is 10.1. The van der Waals surface area contributed by atoms with Crippen LogP contribution in [0.2, 0.25) is 0 Å². The Morgan fingerprint density at radius 3 is 1.40 bits per heavy atom. The van der Waals surface area contributed by atoms with Crippen molar-refractivity contribution in [3.05, 3.63) is 83.3 Å². The summed E-state index contributed by atoms with van der Waals surface area (Å²) in [5, 5.41) is 6.07. The topological polar surface area (TPSA) is 192 Å². The van der Waals surface area contributed by atoms with Crippen molar-refractivity contribution >= 4 is 79.0 Å². The Kier molecular flexibility index (Phi) is 12.9. The van der Waals surface area contributed by atoms with Crippen molar-refractivity contribution in [2.45, 2.75) is 25.7 Å². The minimum atomic E-state index is -0.502. The molecule has 6 amide bonds. The lowest BCUT2D eigenvalue weighted by Gasteiger charge is -2.15. The van der Waals surface area contributed by atoms with E-state index in [2.05, 4.69) is 20.6 Å². The quantitative estimate of drug-likeness (QED) is 0.0991. The van der Waals surface area contributed by atoms with Crippen molar-refractivity contribution < 1.29 is 38.4 Å². The van der Waals surface area contributed by atoms with Gasteiger partial charge < -0.3 is 10.6 Å². The molecule has 2 N–H and O–H groups in total. The van der Waals surface area contributed by atoms with Gasteiger partial charge in [-0.15, -0.1) is 0 Å². The molecule has 0 saturated heterocycles. The highest BCUT2D eigenvalue weighted by Gasteiger charge is 2.25. The van der Waals surface area contributed by atoms with E-state index in [1.54, 1.807) is 36.5 Å². The molecule has 0 bridgehead atoms. The van der Waals surface area contributed by atoms with E-state index in [4.69, 9.17) is 0 Å². The van der Waals surface area contributed by atoms with E-state index in [1.165, 1.54) is 0 Å². The normalized spacial score (nSPS) is 17.6. The van der Waals surface area contributed by atoms with Gasteiger partial charge in [0, 0.05) is 63.1 Å². The monoisotopic (exact) mass is 688 g/mol. The first-order valence-corrected chi connectivity index (χ1v) is 16.7. The molecule has 0 spiro atoms. The standard InChI is InChI=1S/C32H28N6O8S2/c39-19-21-5-1-3-7-23(21)35-27(17-33-25(41)13-15-37-29(43)9-10-30(37)44)47-48-28(36-24-8-4-2-6-22(24)20-40)18-34-26(42)14-16-38-31(45)11-12-32(38)46/h1-4,7-12H,5-6,13-18H2,(H,33,41)(H,34,42). The van der Waals surface area contributed by atoms with E-state index in [0.29, 0.717) is 45.5 Å². The highest BCUT2D eigenvalue weighted by atomic mass is 33.1. The predicted octanol–water partition coefficient (Wildman–Crippen LogP) is 1.23. The summed E-state index contributed by atoms with van der Waals surface area (Å²) in [6.07, 6.45) is 15.1. The summed E-state index contributed by atoms with van der Waals surface area (Å²) in [6.45, 7) is -0.412. The van der Waals surface area contributed by atoms with Gasteiger partial charge in [-0.2, -0.15) is 0 Å². The molecule has 16 heteroatoms. The molecule has 0 saturated carbocycles. The lowest BCUT2D eigenvalue weighted by molar-refractivity contribution is -0.139. The second-order valence-electron chi connectivity index (χ2n) is 10.1. The van der Waals surface area contributed by atoms with Crippen molar-refractivity contribution in [1.82, 2.24) is 20.4 Å². The second-order valence-corrected chi connectivity index (χ2v) is 12.4. The fourth-order valence-electron chi connectivity index (χ4n) is 4.29. The van der Waals surface area contributed by atoms with Crippen LogP contribution in [0.5, 0.6) is 0 Å². The van der Waals surface area contributed by atoms with Crippen LogP contribution in [0.4, 0.5) is 0 Å². The molecule has 0 aromatic heterocycles. The maximum absolute atomic E-state index is 12.7. The molecular weight excluding hydrogens is 661 g/mol. The smallest absolute Gasteiger partial charge is 0.253 e. The molecule has 2 aliphatic carbocycles. The van der Waals surface area contributed by atoms with Gasteiger partial charge in [0.25, 0.3) is 23.6 Å². The van der Waals surface area contributed by atoms with Crippen LogP contribution in [0.25, 0.3) is 0 Å². The number of allylic oxidation sites excluding steroid dienone is 8. The van der Waals surface area contributed by atoms with Gasteiger partial charge in [0.1, 0.15) is 22.0 Å². The van der Waals surface area contributed by atoms with Crippen LogP contribution >= 0.6 is 21.6 Å². The molecule has 0 fully saturated rings. The zero-order valence-electron chi connectivity index (χ0n) is 25.3. The number of amides is 6. The van der Waals surface area contributed by atoms with Crippen molar-refractivity contribution in [3.8, 4) is 0 Å². The molecule has 0 radical (unpaired) electrons. The first kappa shape index (κ1) is 35.5. The van der Waals surface area contributed by atoms with E-state index < -0.39 is 35.4 Å². The molecule has 4 rings (SSSR count). The summed E-state index contributed by atoms with van der Waals surface area (Å²) in [5.74, 6) is 0.811. The molecule has 4 aliphatic rings. The van der Waals surface area contributed by atoms with Gasteiger partial charge >= 0.3 is 0 Å². The number of carbonyl (C=O) groups excluding carboxylic acids is 8. The second kappa shape index (κ2) is 17.5. The van der Waals surface area contributed by atoms with Crippen LogP contribution in [0, 0.1) is 0 Å². The zero-order chi connectivity index (χ0) is 34.5. The summed E-state index contributed by atoms with van der Waals surface area (Å²) in [7, 11) is 2.16. The van der Waals surface area contributed by atoms with E-state index in [0.717, 1.165) is 55.7 Å². The minimum Gasteiger partial charge on any atom is -0.350 e. The zero-order valence-corrected chi connectivity index (χ0v) is 26.9. The molecule has 0 aromatic carbocycles. The fourth-order valence-corrected chi connectivity index (χ4v) is 6.17. The average molecular weight is 689 g/mol. The number of rotatable bonds is 12. The molecule has 0 unspecified atom stereocenters. The van der Waals surface area contributed by atoms with Gasteiger partial charge in [0.15, 0.2) is 0 Å². The Morgan fingerprint density at radius 2 is 1.04 bits per heavy atom. The average Bonchev–Trinajstić information content (AvgIpc) is 3.59. The summed E-state index contributed by atoms with van der Waals surface area (Å²) in [5.41, 5.74) is 1.28. The molecular formula is C32H28N6O8S2. The first-order chi connectivity index (χ1) is 23.2. The number of nitrogens with one attached hydrogen (secondary N) is 2. The Labute approximate surface area is 282 Å². The molecule has 246 valence electrons. The molecule has 2 heterocycles. The van der Waals surface area contributed by atoms with E-state index in [-0.39, 0.29) is 39.0 Å². The van der Waals surface area contributed by atoms with Gasteiger partial charge in [0.2, 0.25) is 11.8 Å². The maximum atomic E-state index is 12.7. The third-order valence-corrected chi connectivity index (χ3v) is 9.16. The van der Waals surface area contributed by atoms with Gasteiger partial charge in [-0.1, -0.05) is 24.3 Å². The fraction of sp³-hybridized carbons (Fsp3) is 0.250. The van der Waals surface area contributed by atoms with Crippen molar-refractivity contribution in [2.24, 2.45) is 9.98 Å². The van der Waals surface area contributed by atoms with Gasteiger partial charge in [-0.25, -0.2) is 19.6 Å². The van der Waals surface area contributed by atoms with Gasteiger partial charge in [-0.3, -0.25) is 38.6 Å². The van der Waals surface area contributed by atoms with Crippen molar-refractivity contribution in [2.75, 3.05) is 26.2 Å². The number of hydrogen-bond donors (Lipinski definition) is 2. The molecule has 2 aliphatic heterocycles. The largest absolute Gasteiger partial charge is 0.350 e. The molecule has 14 nitrogen and oxygen atoms in total. The minimum absolute atomic E-state index is 0.0969. The summed E-state index contributed by atoms with van der Waals surface area (Å²) < 4.78 is 0. The summed E-state index contributed by atoms with van der Waals surface area (Å²) in [6, 6.07) is 0. The van der Waals surface area contributed by atoms with Crippen LogP contribution in [0.15, 0.2) is 93.3 Å². The van der Waals surface area contributed by atoms with Crippen LogP contribution in [0.3, 0.4) is 0 Å². The highest BCUT2D eigenvalue weighted by Crippen LogP contribution is 2.29. The van der Waals surface area contributed by atoms with E-state index >= 15 is 0 Å². The molecule has 48 heavy (non-hydrogen) atoms. The number of imide groups is 2. The predicted molar refractivity (Wildman–Crippen MR) is 179 cm³/mol. The SMILES string of the molecule is O=C=C1CC=CC=C1N=C(CNC(=O)CCN1C(=O)C=CC1=O)SSC(CNC(=O)CCN1C(=O)C=CC1=O)=NC1=CC=CCC1=C=O. The number of aliphatic imine (C=N–C) groups is 2. The van der Waals surface area contributed by atoms with Crippen molar-refractivity contribution in [3.63, 3.8) is 0 Å². The van der Waals surface area contributed by atoms with Crippen LogP contribution in [-0.2, 0) is 38.4 Å². The van der Waals surface area contributed by atoms with E-state index in [9.17, 15) is 38.4 Å². The summed E-state index contributed by atoms with van der Waals surface area (Å²) in [4.78, 5) is 107. The number of hydrogen-bond acceptors (Lipinski definition) is 12. The van der Waals surface area contributed by atoms with Gasteiger partial charge in [0.05, 0.1) is 35.6 Å². The van der Waals surface area contributed by atoms with Crippen LogP contribution in [0.1, 0.15) is 25.7 Å². The van der Waals surface area contributed by atoms with Gasteiger partial charge in [-0.05, 0) is 33.7 Å². The maximum Gasteiger partial charge on any atom is 0.253 e. The Bertz CT molecular complexity index is 1610. The summed E-state index contributed by atoms with van der Waals surface area (Å²) >= 11 is 0. The van der Waals surface area contributed by atoms with Crippen LogP contribution < -0.4 is 10.6 Å². The Morgan fingerprint density at radius 1 is 0.667 bits per heavy atom. The van der Waals surface area contributed by atoms with Crippen molar-refractivity contribution in [1.29, 1.82) is 0 Å². The first-order valence-electron chi connectivity index (χ1n) is 14.5. The van der Waals surface area contributed by atoms with Crippen LogP contribution in [-0.4, -0.2) is 93.4 Å². The Balaban J connectivity index is 1.47.